The zero-order chi connectivity index (χ0) is 31.0. The minimum atomic E-state index is 0. The third kappa shape index (κ3) is 5.25. The highest BCUT2D eigenvalue weighted by atomic mass is 32.1. The number of benzene rings is 7. The van der Waals surface area contributed by atoms with E-state index < -0.39 is 0 Å². The van der Waals surface area contributed by atoms with E-state index in [0.717, 1.165) is 38.6 Å². The SMILES string of the molecule is C.C=CC.c1cc(-c2cccc(-c3cccc4c3sc3ccccc34)c2)cc(-c2cnc3c4ccccc4c4ccccc4c3n2)c1. The van der Waals surface area contributed by atoms with Crippen LogP contribution in [0.5, 0.6) is 0 Å². The molecule has 9 rings (SSSR count). The topological polar surface area (TPSA) is 25.8 Å². The van der Waals surface area contributed by atoms with Gasteiger partial charge in [-0.15, -0.1) is 17.9 Å². The van der Waals surface area contributed by atoms with Gasteiger partial charge in [-0.2, -0.15) is 0 Å². The second-order valence-corrected chi connectivity index (χ2v) is 12.4. The van der Waals surface area contributed by atoms with Crippen LogP contribution in [0.15, 0.2) is 158 Å². The largest absolute Gasteiger partial charge is 0.252 e. The molecule has 0 atom stereocenters. The summed E-state index contributed by atoms with van der Waals surface area (Å²) in [4.78, 5) is 10.2. The molecule has 0 aliphatic heterocycles. The van der Waals surface area contributed by atoms with Crippen LogP contribution in [-0.4, -0.2) is 9.97 Å². The molecule has 0 bridgehead atoms. The molecule has 47 heavy (non-hydrogen) atoms. The summed E-state index contributed by atoms with van der Waals surface area (Å²) in [6.07, 6.45) is 3.67. The van der Waals surface area contributed by atoms with E-state index in [1.165, 1.54) is 47.6 Å². The standard InChI is InChI=1S/C40H24N2S.C3H6.CH4/c1-3-17-33-30(14-1)31-15-2-4-18-34(31)39-38(33)41-24-36(42-39)28-13-8-11-26(23-28)25-10-7-12-27(22-25)29-19-9-20-35-32-16-5-6-21-37(32)43-40(29)35;1-3-2;/h1-24H;3H,1H2,2H3;1H4. The molecular weight excluding hydrogens is 589 g/mol. The Labute approximate surface area is 279 Å². The van der Waals surface area contributed by atoms with Gasteiger partial charge in [0.15, 0.2) is 0 Å². The Kier molecular flexibility index (Phi) is 8.07. The molecule has 0 fully saturated rings. The van der Waals surface area contributed by atoms with Crippen molar-refractivity contribution < 1.29 is 0 Å². The Hall–Kier alpha value is -5.64. The molecule has 226 valence electrons. The van der Waals surface area contributed by atoms with Gasteiger partial charge in [0.25, 0.3) is 0 Å². The van der Waals surface area contributed by atoms with Crippen molar-refractivity contribution in [2.45, 2.75) is 14.4 Å². The van der Waals surface area contributed by atoms with Crippen molar-refractivity contribution in [3.63, 3.8) is 0 Å². The highest BCUT2D eigenvalue weighted by molar-refractivity contribution is 7.26. The number of hydrogen-bond acceptors (Lipinski definition) is 3. The van der Waals surface area contributed by atoms with Gasteiger partial charge in [0.2, 0.25) is 0 Å². The van der Waals surface area contributed by atoms with Crippen LogP contribution in [0.25, 0.3) is 86.3 Å². The third-order valence-electron chi connectivity index (χ3n) is 8.50. The summed E-state index contributed by atoms with van der Waals surface area (Å²) in [6.45, 7) is 5.25. The molecule has 0 spiro atoms. The van der Waals surface area contributed by atoms with Gasteiger partial charge in [-0.05, 0) is 58.1 Å². The predicted octanol–water partition coefficient (Wildman–Crippen LogP) is 13.1. The van der Waals surface area contributed by atoms with E-state index in [-0.39, 0.29) is 7.43 Å². The first-order valence-corrected chi connectivity index (χ1v) is 16.3. The van der Waals surface area contributed by atoms with Gasteiger partial charge in [-0.25, -0.2) is 4.98 Å². The Balaban J connectivity index is 0.000000848. The van der Waals surface area contributed by atoms with Crippen LogP contribution in [0.2, 0.25) is 0 Å². The summed E-state index contributed by atoms with van der Waals surface area (Å²) in [7, 11) is 0. The Morgan fingerprint density at radius 2 is 1.04 bits per heavy atom. The van der Waals surface area contributed by atoms with Crippen molar-refractivity contribution in [1.29, 1.82) is 0 Å². The van der Waals surface area contributed by atoms with Crippen molar-refractivity contribution in [2.24, 2.45) is 0 Å². The van der Waals surface area contributed by atoms with E-state index in [9.17, 15) is 0 Å². The first-order valence-electron chi connectivity index (χ1n) is 15.5. The first kappa shape index (κ1) is 30.0. The number of fused-ring (bicyclic) bond motifs is 9. The molecule has 7 aromatic carbocycles. The molecule has 9 aromatic rings. The highest BCUT2D eigenvalue weighted by Crippen LogP contribution is 2.41. The molecule has 0 aliphatic rings. The number of nitrogens with zero attached hydrogens (tertiary/aromatic N) is 2. The van der Waals surface area contributed by atoms with E-state index in [4.69, 9.17) is 9.97 Å². The molecule has 2 nitrogen and oxygen atoms in total. The maximum Gasteiger partial charge on any atom is 0.0979 e. The summed E-state index contributed by atoms with van der Waals surface area (Å²) < 4.78 is 2.66. The van der Waals surface area contributed by atoms with Crippen LogP contribution in [0.1, 0.15) is 14.4 Å². The van der Waals surface area contributed by atoms with Crippen LogP contribution in [-0.2, 0) is 0 Å². The monoisotopic (exact) mass is 622 g/mol. The summed E-state index contributed by atoms with van der Waals surface area (Å²) in [5, 5.41) is 7.32. The molecule has 0 N–H and O–H groups in total. The highest BCUT2D eigenvalue weighted by Gasteiger charge is 2.14. The number of aromatic nitrogens is 2. The number of allylic oxidation sites excluding steroid dienone is 1. The Morgan fingerprint density at radius 3 is 1.74 bits per heavy atom. The van der Waals surface area contributed by atoms with Gasteiger partial charge in [-0.3, -0.25) is 4.98 Å². The first-order chi connectivity index (χ1) is 22.7. The van der Waals surface area contributed by atoms with Crippen LogP contribution < -0.4 is 0 Å². The second kappa shape index (κ2) is 12.6. The maximum atomic E-state index is 5.22. The van der Waals surface area contributed by atoms with Crippen molar-refractivity contribution in [3.8, 4) is 33.5 Å². The molecule has 0 radical (unpaired) electrons. The third-order valence-corrected chi connectivity index (χ3v) is 9.72. The van der Waals surface area contributed by atoms with Gasteiger partial charge < -0.3 is 0 Å². The number of hydrogen-bond donors (Lipinski definition) is 0. The molecule has 0 aliphatic carbocycles. The summed E-state index contributed by atoms with van der Waals surface area (Å²) in [6, 6.07) is 49.9. The Morgan fingerprint density at radius 1 is 0.532 bits per heavy atom. The number of thiophene rings is 1. The van der Waals surface area contributed by atoms with Crippen LogP contribution in [0.4, 0.5) is 0 Å². The van der Waals surface area contributed by atoms with Crippen molar-refractivity contribution >= 4 is 64.1 Å². The molecule has 2 aromatic heterocycles. The van der Waals surface area contributed by atoms with Gasteiger partial charge in [0.05, 0.1) is 22.9 Å². The lowest BCUT2D eigenvalue weighted by atomic mass is 9.96. The van der Waals surface area contributed by atoms with Crippen molar-refractivity contribution in [1.82, 2.24) is 9.97 Å². The van der Waals surface area contributed by atoms with Crippen LogP contribution in [0.3, 0.4) is 0 Å². The van der Waals surface area contributed by atoms with Gasteiger partial charge >= 0.3 is 0 Å². The lowest BCUT2D eigenvalue weighted by Crippen LogP contribution is -1.92. The smallest absolute Gasteiger partial charge is 0.0979 e. The molecule has 0 saturated heterocycles. The van der Waals surface area contributed by atoms with Crippen molar-refractivity contribution in [2.75, 3.05) is 0 Å². The molecule has 2 heterocycles. The van der Waals surface area contributed by atoms with E-state index in [2.05, 4.69) is 146 Å². The zero-order valence-corrected chi connectivity index (χ0v) is 26.3. The average Bonchev–Trinajstić information content (AvgIpc) is 3.51. The van der Waals surface area contributed by atoms with E-state index in [1.807, 2.05) is 24.5 Å². The van der Waals surface area contributed by atoms with Crippen LogP contribution >= 0.6 is 11.3 Å². The fourth-order valence-electron chi connectivity index (χ4n) is 6.46. The van der Waals surface area contributed by atoms with E-state index >= 15 is 0 Å². The van der Waals surface area contributed by atoms with E-state index in [1.54, 1.807) is 6.08 Å². The van der Waals surface area contributed by atoms with Crippen LogP contribution in [0, 0.1) is 0 Å². The fourth-order valence-corrected chi connectivity index (χ4v) is 7.70. The zero-order valence-electron chi connectivity index (χ0n) is 25.4. The molecule has 3 heteroatoms. The lowest BCUT2D eigenvalue weighted by Gasteiger charge is -2.11. The van der Waals surface area contributed by atoms with Gasteiger partial charge in [-0.1, -0.05) is 135 Å². The predicted molar refractivity (Wildman–Crippen MR) is 206 cm³/mol. The molecule has 0 saturated carbocycles. The van der Waals surface area contributed by atoms with E-state index in [0.29, 0.717) is 0 Å². The number of rotatable bonds is 3. The minimum Gasteiger partial charge on any atom is -0.252 e. The normalized spacial score (nSPS) is 11.0. The summed E-state index contributed by atoms with van der Waals surface area (Å²) >= 11 is 1.87. The quantitative estimate of drug-likeness (QED) is 0.145. The average molecular weight is 623 g/mol. The minimum absolute atomic E-state index is 0. The Bertz CT molecular complexity index is 2540. The second-order valence-electron chi connectivity index (χ2n) is 11.4. The molecule has 0 amide bonds. The lowest BCUT2D eigenvalue weighted by molar-refractivity contribution is 1.31. The van der Waals surface area contributed by atoms with Crippen molar-refractivity contribution in [3.05, 3.63) is 158 Å². The molecular formula is C44H34N2S. The maximum absolute atomic E-state index is 5.22. The fraction of sp³-hybridized carbons (Fsp3) is 0.0455. The summed E-state index contributed by atoms with van der Waals surface area (Å²) in [5.74, 6) is 0. The van der Waals surface area contributed by atoms with Gasteiger partial charge in [0, 0.05) is 36.5 Å². The molecule has 0 unspecified atom stereocenters. The summed E-state index contributed by atoms with van der Waals surface area (Å²) in [5.41, 5.74) is 8.66. The van der Waals surface area contributed by atoms with Gasteiger partial charge in [0.1, 0.15) is 0 Å².